The van der Waals surface area contributed by atoms with Crippen molar-refractivity contribution in [1.82, 2.24) is 5.32 Å². The Morgan fingerprint density at radius 1 is 1.69 bits per heavy atom. The van der Waals surface area contributed by atoms with Crippen LogP contribution in [0.25, 0.3) is 0 Å². The Hall–Kier alpha value is -0.610. The largest absolute Gasteiger partial charge is 0.481 e. The summed E-state index contributed by atoms with van der Waals surface area (Å²) in [5, 5.41) is 12.1. The highest BCUT2D eigenvalue weighted by Crippen LogP contribution is 2.18. The molecule has 0 aliphatic carbocycles. The molecule has 0 radical (unpaired) electrons. The van der Waals surface area contributed by atoms with E-state index in [0.717, 1.165) is 19.4 Å². The summed E-state index contributed by atoms with van der Waals surface area (Å²) < 4.78 is 5.21. The van der Waals surface area contributed by atoms with Crippen LogP contribution in [0.15, 0.2) is 0 Å². The van der Waals surface area contributed by atoms with Gasteiger partial charge in [-0.1, -0.05) is 0 Å². The lowest BCUT2D eigenvalue weighted by molar-refractivity contribution is -0.146. The highest BCUT2D eigenvalue weighted by molar-refractivity contribution is 5.70. The van der Waals surface area contributed by atoms with Gasteiger partial charge in [-0.25, -0.2) is 0 Å². The van der Waals surface area contributed by atoms with E-state index < -0.39 is 11.9 Å². The summed E-state index contributed by atoms with van der Waals surface area (Å²) in [6.45, 7) is 2.66. The first kappa shape index (κ1) is 10.5. The minimum Gasteiger partial charge on any atom is -0.481 e. The van der Waals surface area contributed by atoms with Crippen molar-refractivity contribution in [3.8, 4) is 0 Å². The van der Waals surface area contributed by atoms with Crippen molar-refractivity contribution < 1.29 is 14.6 Å². The number of methoxy groups -OCH3 is 1. The SMILES string of the molecule is CO[C@H]([C@H]1CCCN1)[C@@H](C)C(=O)O. The number of ether oxygens (including phenoxy) is 1. The van der Waals surface area contributed by atoms with E-state index in [9.17, 15) is 4.79 Å². The second-order valence-electron chi connectivity index (χ2n) is 3.53. The van der Waals surface area contributed by atoms with E-state index in [1.807, 2.05) is 0 Å². The molecule has 0 bridgehead atoms. The fourth-order valence-electron chi connectivity index (χ4n) is 1.85. The van der Waals surface area contributed by atoms with Gasteiger partial charge < -0.3 is 15.2 Å². The molecule has 1 heterocycles. The van der Waals surface area contributed by atoms with Gasteiger partial charge >= 0.3 is 5.97 Å². The van der Waals surface area contributed by atoms with E-state index in [2.05, 4.69) is 5.32 Å². The van der Waals surface area contributed by atoms with Crippen molar-refractivity contribution in [3.63, 3.8) is 0 Å². The summed E-state index contributed by atoms with van der Waals surface area (Å²) in [6, 6.07) is 0.205. The average molecular weight is 187 g/mol. The zero-order valence-electron chi connectivity index (χ0n) is 8.12. The third-order valence-electron chi connectivity index (χ3n) is 2.65. The molecule has 4 nitrogen and oxygen atoms in total. The Kier molecular flexibility index (Phi) is 3.69. The molecule has 0 amide bonds. The van der Waals surface area contributed by atoms with Crippen molar-refractivity contribution in [2.75, 3.05) is 13.7 Å². The van der Waals surface area contributed by atoms with E-state index in [1.165, 1.54) is 0 Å². The number of carbonyl (C=O) groups is 1. The van der Waals surface area contributed by atoms with Crippen LogP contribution in [0.4, 0.5) is 0 Å². The minimum absolute atomic E-state index is 0.205. The Labute approximate surface area is 78.3 Å². The molecule has 0 unspecified atom stereocenters. The molecule has 4 heteroatoms. The van der Waals surface area contributed by atoms with Gasteiger partial charge in [0.2, 0.25) is 0 Å². The first-order chi connectivity index (χ1) is 6.16. The number of nitrogens with one attached hydrogen (secondary N) is 1. The molecule has 0 spiro atoms. The molecule has 76 valence electrons. The van der Waals surface area contributed by atoms with Crippen LogP contribution < -0.4 is 5.32 Å². The van der Waals surface area contributed by atoms with E-state index in [4.69, 9.17) is 9.84 Å². The van der Waals surface area contributed by atoms with Crippen LogP contribution in [0.3, 0.4) is 0 Å². The smallest absolute Gasteiger partial charge is 0.308 e. The number of carboxylic acids is 1. The molecule has 0 aromatic heterocycles. The van der Waals surface area contributed by atoms with Gasteiger partial charge in [0, 0.05) is 13.2 Å². The number of hydrogen-bond acceptors (Lipinski definition) is 3. The first-order valence-corrected chi connectivity index (χ1v) is 4.65. The second-order valence-corrected chi connectivity index (χ2v) is 3.53. The van der Waals surface area contributed by atoms with Crippen LogP contribution in [0, 0.1) is 5.92 Å². The van der Waals surface area contributed by atoms with Crippen molar-refractivity contribution in [3.05, 3.63) is 0 Å². The van der Waals surface area contributed by atoms with Gasteiger partial charge in [0.15, 0.2) is 0 Å². The van der Waals surface area contributed by atoms with Crippen molar-refractivity contribution in [1.29, 1.82) is 0 Å². The summed E-state index contributed by atoms with van der Waals surface area (Å²) in [7, 11) is 1.57. The number of hydrogen-bond donors (Lipinski definition) is 2. The lowest BCUT2D eigenvalue weighted by Gasteiger charge is -2.25. The maximum Gasteiger partial charge on any atom is 0.308 e. The van der Waals surface area contributed by atoms with E-state index >= 15 is 0 Å². The summed E-state index contributed by atoms with van der Waals surface area (Å²) >= 11 is 0. The predicted octanol–water partition coefficient (Wildman–Crippen LogP) is 0.474. The molecule has 3 atom stereocenters. The molecule has 13 heavy (non-hydrogen) atoms. The minimum atomic E-state index is -0.791. The average Bonchev–Trinajstić information content (AvgIpc) is 2.58. The summed E-state index contributed by atoms with van der Waals surface area (Å²) in [4.78, 5) is 10.7. The van der Waals surface area contributed by atoms with Crippen molar-refractivity contribution in [2.45, 2.75) is 31.9 Å². The predicted molar refractivity (Wildman–Crippen MR) is 48.6 cm³/mol. The zero-order chi connectivity index (χ0) is 9.84. The maximum absolute atomic E-state index is 10.7. The Morgan fingerprint density at radius 2 is 2.38 bits per heavy atom. The van der Waals surface area contributed by atoms with E-state index in [1.54, 1.807) is 14.0 Å². The van der Waals surface area contributed by atoms with Gasteiger partial charge in [-0.2, -0.15) is 0 Å². The van der Waals surface area contributed by atoms with Gasteiger partial charge in [0.25, 0.3) is 0 Å². The molecular formula is C9H17NO3. The molecule has 1 aliphatic heterocycles. The third-order valence-corrected chi connectivity index (χ3v) is 2.65. The standard InChI is InChI=1S/C9H17NO3/c1-6(9(11)12)8(13-2)7-4-3-5-10-7/h6-8,10H,3-5H2,1-2H3,(H,11,12)/t6-,7-,8+/m1/s1. The van der Waals surface area contributed by atoms with Gasteiger partial charge in [-0.15, -0.1) is 0 Å². The highest BCUT2D eigenvalue weighted by atomic mass is 16.5. The lowest BCUT2D eigenvalue weighted by atomic mass is 9.97. The van der Waals surface area contributed by atoms with Crippen molar-refractivity contribution >= 4 is 5.97 Å². The van der Waals surface area contributed by atoms with Crippen LogP contribution >= 0.6 is 0 Å². The molecular weight excluding hydrogens is 170 g/mol. The molecule has 1 rings (SSSR count). The number of aliphatic carboxylic acids is 1. The van der Waals surface area contributed by atoms with Gasteiger partial charge in [-0.3, -0.25) is 4.79 Å². The number of carboxylic acid groups (broad SMARTS) is 1. The van der Waals surface area contributed by atoms with Crippen LogP contribution in [0.1, 0.15) is 19.8 Å². The number of rotatable bonds is 4. The van der Waals surface area contributed by atoms with Gasteiger partial charge in [0.1, 0.15) is 0 Å². The van der Waals surface area contributed by atoms with E-state index in [0.29, 0.717) is 0 Å². The quantitative estimate of drug-likeness (QED) is 0.672. The Balaban J connectivity index is 2.54. The zero-order valence-corrected chi connectivity index (χ0v) is 8.12. The van der Waals surface area contributed by atoms with Crippen molar-refractivity contribution in [2.24, 2.45) is 5.92 Å². The van der Waals surface area contributed by atoms with Crippen LogP contribution in [-0.2, 0) is 9.53 Å². The van der Waals surface area contributed by atoms with Gasteiger partial charge in [-0.05, 0) is 26.3 Å². The molecule has 2 N–H and O–H groups in total. The molecule has 0 aromatic rings. The highest BCUT2D eigenvalue weighted by Gasteiger charge is 2.32. The normalized spacial score (nSPS) is 27.1. The molecule has 0 aromatic carbocycles. The van der Waals surface area contributed by atoms with Crippen LogP contribution in [0.2, 0.25) is 0 Å². The molecule has 1 fully saturated rings. The topological polar surface area (TPSA) is 58.6 Å². The van der Waals surface area contributed by atoms with Crippen LogP contribution in [-0.4, -0.2) is 36.9 Å². The maximum atomic E-state index is 10.7. The van der Waals surface area contributed by atoms with Gasteiger partial charge in [0.05, 0.1) is 12.0 Å². The summed E-state index contributed by atoms with van der Waals surface area (Å²) in [5.41, 5.74) is 0. The first-order valence-electron chi connectivity index (χ1n) is 4.65. The third kappa shape index (κ3) is 2.42. The summed E-state index contributed by atoms with van der Waals surface area (Å²) in [5.74, 6) is -1.24. The molecule has 1 saturated heterocycles. The Morgan fingerprint density at radius 3 is 2.77 bits per heavy atom. The Bertz CT molecular complexity index is 178. The summed E-state index contributed by atoms with van der Waals surface area (Å²) in [6.07, 6.45) is 1.91. The van der Waals surface area contributed by atoms with Crippen LogP contribution in [0.5, 0.6) is 0 Å². The van der Waals surface area contributed by atoms with E-state index in [-0.39, 0.29) is 12.1 Å². The second kappa shape index (κ2) is 4.58. The monoisotopic (exact) mass is 187 g/mol. The molecule has 1 aliphatic rings. The molecule has 0 saturated carbocycles. The lowest BCUT2D eigenvalue weighted by Crippen LogP contribution is -2.43. The fraction of sp³-hybridized carbons (Fsp3) is 0.889. The fourth-order valence-corrected chi connectivity index (χ4v) is 1.85.